The number of benzene rings is 1. The third kappa shape index (κ3) is 5.16. The van der Waals surface area contributed by atoms with Crippen molar-refractivity contribution in [3.8, 4) is 0 Å². The maximum absolute atomic E-state index is 12.2. The maximum atomic E-state index is 12.2. The number of sulfonamides is 1. The lowest BCUT2D eigenvalue weighted by molar-refractivity contribution is -0.117. The molecule has 122 valence electrons. The molecule has 0 spiro atoms. The highest BCUT2D eigenvalue weighted by atomic mass is 32.2. The van der Waals surface area contributed by atoms with E-state index < -0.39 is 10.0 Å². The standard InChI is InChI=1S/C14H15N3O4S2/c1-10(18)16-14(22)17-11-4-6-13(7-5-11)23(19,20)15-9-12-3-2-8-21-12/h2-8,15H,9H2,1H3,(H2,16,17,18,22). The van der Waals surface area contributed by atoms with Gasteiger partial charge in [-0.05, 0) is 48.6 Å². The molecule has 0 aliphatic carbocycles. The van der Waals surface area contributed by atoms with E-state index in [-0.39, 0.29) is 22.5 Å². The average Bonchev–Trinajstić information content (AvgIpc) is 2.98. The van der Waals surface area contributed by atoms with Crippen molar-refractivity contribution in [1.29, 1.82) is 0 Å². The molecule has 0 fully saturated rings. The molecule has 0 radical (unpaired) electrons. The lowest BCUT2D eigenvalue weighted by Gasteiger charge is -2.09. The van der Waals surface area contributed by atoms with Crippen molar-refractivity contribution in [2.45, 2.75) is 18.4 Å². The Morgan fingerprint density at radius 2 is 1.91 bits per heavy atom. The predicted molar refractivity (Wildman–Crippen MR) is 89.2 cm³/mol. The number of amides is 1. The monoisotopic (exact) mass is 353 g/mol. The Kier molecular flexibility index (Phi) is 5.48. The first kappa shape index (κ1) is 17.1. The van der Waals surface area contributed by atoms with Crippen LogP contribution in [0.4, 0.5) is 5.69 Å². The fraction of sp³-hybridized carbons (Fsp3) is 0.143. The normalized spacial score (nSPS) is 11.0. The quantitative estimate of drug-likeness (QED) is 0.706. The summed E-state index contributed by atoms with van der Waals surface area (Å²) in [4.78, 5) is 11.0. The molecule has 7 nitrogen and oxygen atoms in total. The number of hydrogen-bond donors (Lipinski definition) is 3. The lowest BCUT2D eigenvalue weighted by Crippen LogP contribution is -2.32. The van der Waals surface area contributed by atoms with E-state index in [0.29, 0.717) is 11.4 Å². The van der Waals surface area contributed by atoms with Gasteiger partial charge in [0.2, 0.25) is 15.9 Å². The molecule has 0 saturated carbocycles. The summed E-state index contributed by atoms with van der Waals surface area (Å²) < 4.78 is 31.8. The summed E-state index contributed by atoms with van der Waals surface area (Å²) in [6, 6.07) is 9.33. The Hall–Kier alpha value is -2.23. The Morgan fingerprint density at radius 3 is 2.48 bits per heavy atom. The molecule has 1 amide bonds. The molecule has 1 heterocycles. The van der Waals surface area contributed by atoms with E-state index in [1.165, 1.54) is 25.3 Å². The van der Waals surface area contributed by atoms with Crippen molar-refractivity contribution in [2.75, 3.05) is 5.32 Å². The van der Waals surface area contributed by atoms with Gasteiger partial charge in [0.25, 0.3) is 0 Å². The van der Waals surface area contributed by atoms with Crippen LogP contribution >= 0.6 is 12.2 Å². The van der Waals surface area contributed by atoms with Crippen molar-refractivity contribution in [3.63, 3.8) is 0 Å². The Balaban J connectivity index is 2.00. The molecular weight excluding hydrogens is 338 g/mol. The highest BCUT2D eigenvalue weighted by Gasteiger charge is 2.14. The summed E-state index contributed by atoms with van der Waals surface area (Å²) in [7, 11) is -3.64. The van der Waals surface area contributed by atoms with Crippen LogP contribution in [0.3, 0.4) is 0 Å². The fourth-order valence-corrected chi connectivity index (χ4v) is 2.96. The molecular formula is C14H15N3O4S2. The number of carbonyl (C=O) groups excluding carboxylic acids is 1. The summed E-state index contributed by atoms with van der Waals surface area (Å²) in [5.74, 6) is 0.233. The third-order valence-corrected chi connectivity index (χ3v) is 4.35. The molecule has 0 atom stereocenters. The van der Waals surface area contributed by atoms with Gasteiger partial charge in [0.15, 0.2) is 5.11 Å². The number of anilines is 1. The number of furan rings is 1. The van der Waals surface area contributed by atoms with Crippen LogP contribution in [-0.4, -0.2) is 19.4 Å². The number of hydrogen-bond acceptors (Lipinski definition) is 5. The van der Waals surface area contributed by atoms with Gasteiger partial charge in [-0.2, -0.15) is 0 Å². The maximum Gasteiger partial charge on any atom is 0.240 e. The number of nitrogens with one attached hydrogen (secondary N) is 3. The molecule has 0 unspecified atom stereocenters. The molecule has 23 heavy (non-hydrogen) atoms. The van der Waals surface area contributed by atoms with Crippen molar-refractivity contribution in [1.82, 2.24) is 10.0 Å². The van der Waals surface area contributed by atoms with Crippen molar-refractivity contribution < 1.29 is 17.6 Å². The van der Waals surface area contributed by atoms with Crippen molar-refractivity contribution >= 4 is 38.9 Å². The second-order valence-corrected chi connectivity index (χ2v) is 6.74. The second-order valence-electron chi connectivity index (χ2n) is 4.56. The Bertz CT molecular complexity index is 784. The summed E-state index contributed by atoms with van der Waals surface area (Å²) in [5, 5.41) is 5.33. The van der Waals surface area contributed by atoms with Gasteiger partial charge in [-0.15, -0.1) is 0 Å². The molecule has 2 aromatic rings. The topological polar surface area (TPSA) is 100 Å². The smallest absolute Gasteiger partial charge is 0.240 e. The third-order valence-electron chi connectivity index (χ3n) is 2.73. The van der Waals surface area contributed by atoms with E-state index in [4.69, 9.17) is 16.6 Å². The zero-order valence-corrected chi connectivity index (χ0v) is 13.8. The van der Waals surface area contributed by atoms with Gasteiger partial charge >= 0.3 is 0 Å². The van der Waals surface area contributed by atoms with Crippen LogP contribution in [0.2, 0.25) is 0 Å². The molecule has 0 saturated heterocycles. The molecule has 9 heteroatoms. The number of thiocarbonyl (C=S) groups is 1. The van der Waals surface area contributed by atoms with E-state index in [1.807, 2.05) is 0 Å². The minimum atomic E-state index is -3.64. The molecule has 0 aliphatic heterocycles. The number of rotatable bonds is 5. The van der Waals surface area contributed by atoms with Crippen molar-refractivity contribution in [2.24, 2.45) is 0 Å². The largest absolute Gasteiger partial charge is 0.468 e. The van der Waals surface area contributed by atoms with Crippen LogP contribution in [0, 0.1) is 0 Å². The van der Waals surface area contributed by atoms with E-state index in [2.05, 4.69) is 15.4 Å². The van der Waals surface area contributed by atoms with Crippen LogP contribution in [0.1, 0.15) is 12.7 Å². The first-order chi connectivity index (χ1) is 10.9. The van der Waals surface area contributed by atoms with E-state index in [1.54, 1.807) is 24.3 Å². The molecule has 2 rings (SSSR count). The van der Waals surface area contributed by atoms with E-state index >= 15 is 0 Å². The zero-order chi connectivity index (χ0) is 16.9. The molecule has 0 bridgehead atoms. The van der Waals surface area contributed by atoms with Crippen LogP contribution in [0.15, 0.2) is 52.0 Å². The molecule has 0 aliphatic rings. The SMILES string of the molecule is CC(=O)NC(=S)Nc1ccc(S(=O)(=O)NCc2ccco2)cc1. The first-order valence-electron chi connectivity index (χ1n) is 6.57. The highest BCUT2D eigenvalue weighted by Crippen LogP contribution is 2.14. The molecule has 1 aromatic heterocycles. The Morgan fingerprint density at radius 1 is 1.22 bits per heavy atom. The van der Waals surface area contributed by atoms with Crippen molar-refractivity contribution in [3.05, 3.63) is 48.4 Å². The zero-order valence-electron chi connectivity index (χ0n) is 12.2. The van der Waals surface area contributed by atoms with Gasteiger partial charge in [0, 0.05) is 12.6 Å². The minimum absolute atomic E-state index is 0.0714. The summed E-state index contributed by atoms with van der Waals surface area (Å²) in [6.45, 7) is 1.41. The van der Waals surface area contributed by atoms with Gasteiger partial charge in [-0.25, -0.2) is 13.1 Å². The van der Waals surface area contributed by atoms with Gasteiger partial charge in [-0.1, -0.05) is 0 Å². The van der Waals surface area contributed by atoms with Gasteiger partial charge < -0.3 is 15.1 Å². The first-order valence-corrected chi connectivity index (χ1v) is 8.46. The fourth-order valence-electron chi connectivity index (χ4n) is 1.70. The second kappa shape index (κ2) is 7.36. The van der Waals surface area contributed by atoms with Gasteiger partial charge in [0.05, 0.1) is 17.7 Å². The molecule has 3 N–H and O–H groups in total. The summed E-state index contributed by atoms with van der Waals surface area (Å²) in [5.41, 5.74) is 0.564. The van der Waals surface area contributed by atoms with Crippen LogP contribution < -0.4 is 15.4 Å². The summed E-state index contributed by atoms with van der Waals surface area (Å²) >= 11 is 4.92. The summed E-state index contributed by atoms with van der Waals surface area (Å²) in [6.07, 6.45) is 1.47. The van der Waals surface area contributed by atoms with Crippen LogP contribution in [-0.2, 0) is 21.4 Å². The van der Waals surface area contributed by atoms with E-state index in [0.717, 1.165) is 0 Å². The lowest BCUT2D eigenvalue weighted by atomic mass is 10.3. The van der Waals surface area contributed by atoms with Gasteiger partial charge in [0.1, 0.15) is 5.76 Å². The predicted octanol–water partition coefficient (Wildman–Crippen LogP) is 1.59. The van der Waals surface area contributed by atoms with Crippen LogP contribution in [0.25, 0.3) is 0 Å². The van der Waals surface area contributed by atoms with Crippen LogP contribution in [0.5, 0.6) is 0 Å². The van der Waals surface area contributed by atoms with Gasteiger partial charge in [-0.3, -0.25) is 4.79 Å². The minimum Gasteiger partial charge on any atom is -0.468 e. The average molecular weight is 353 g/mol. The number of carbonyl (C=O) groups is 1. The van der Waals surface area contributed by atoms with E-state index in [9.17, 15) is 13.2 Å². The highest BCUT2D eigenvalue weighted by molar-refractivity contribution is 7.89. The Labute approximate surface area is 139 Å². The molecule has 1 aromatic carbocycles.